The molecule has 6 nitrogen and oxygen atoms in total. The molecular weight excluding hydrogens is 286 g/mol. The molecule has 2 rings (SSSR count). The van der Waals surface area contributed by atoms with Gasteiger partial charge in [-0.05, 0) is 12.0 Å². The van der Waals surface area contributed by atoms with Crippen molar-refractivity contribution in [3.8, 4) is 0 Å². The number of hydrogen-bond donors (Lipinski definition) is 3. The summed E-state index contributed by atoms with van der Waals surface area (Å²) in [5, 5.41) is 30.5. The molecule has 3 unspecified atom stereocenters. The summed E-state index contributed by atoms with van der Waals surface area (Å²) in [5.41, 5.74) is -1.95. The van der Waals surface area contributed by atoms with E-state index >= 15 is 0 Å². The molecule has 0 spiro atoms. The number of carboxylic acid groups (broad SMARTS) is 1. The van der Waals surface area contributed by atoms with Crippen LogP contribution in [0.2, 0.25) is 0 Å². The van der Waals surface area contributed by atoms with Crippen LogP contribution in [0.3, 0.4) is 0 Å². The van der Waals surface area contributed by atoms with E-state index < -0.39 is 23.7 Å². The molecule has 0 saturated heterocycles. The topological polar surface area (TPSA) is 98.1 Å². The van der Waals surface area contributed by atoms with Gasteiger partial charge >= 0.3 is 5.97 Å². The quantitative estimate of drug-likeness (QED) is 0.674. The number of aliphatic hydroxyl groups excluding tert-OH is 2. The van der Waals surface area contributed by atoms with E-state index in [2.05, 4.69) is 0 Å². The highest BCUT2D eigenvalue weighted by Gasteiger charge is 2.55. The van der Waals surface area contributed by atoms with Gasteiger partial charge in [-0.3, -0.25) is 0 Å². The molecule has 0 bridgehead atoms. The maximum Gasteiger partial charge on any atom is 0.336 e. The molecule has 1 aromatic rings. The van der Waals surface area contributed by atoms with Crippen LogP contribution in [0, 0.1) is 0 Å². The number of carbonyl (C=O) groups is 2. The fourth-order valence-electron chi connectivity index (χ4n) is 2.53. The fraction of sp³-hybridized carbons (Fsp3) is 0.250. The molecule has 1 aliphatic rings. The number of aliphatic carboxylic acids is 1. The van der Waals surface area contributed by atoms with Crippen molar-refractivity contribution in [1.29, 1.82) is 0 Å². The second-order valence-corrected chi connectivity index (χ2v) is 4.94. The molecule has 3 N–H and O–H groups in total. The van der Waals surface area contributed by atoms with E-state index in [1.807, 2.05) is 0 Å². The Bertz CT molecular complexity index is 586. The summed E-state index contributed by atoms with van der Waals surface area (Å²) in [6, 6.07) is 8.07. The molecule has 3 atom stereocenters. The van der Waals surface area contributed by atoms with E-state index in [4.69, 9.17) is 0 Å². The molecule has 0 amide bonds. The summed E-state index contributed by atoms with van der Waals surface area (Å²) in [4.78, 5) is 24.2. The zero-order chi connectivity index (χ0) is 16.2. The molecule has 22 heavy (non-hydrogen) atoms. The number of hydrogen-bond acceptors (Lipinski definition) is 5. The third-order valence-corrected chi connectivity index (χ3v) is 3.69. The minimum Gasteiger partial charge on any atom is -0.479 e. The summed E-state index contributed by atoms with van der Waals surface area (Å²) in [6.45, 7) is 0. The van der Waals surface area contributed by atoms with Crippen molar-refractivity contribution in [3.63, 3.8) is 0 Å². The standard InChI is InChI=1S/C16H17NO5/c18-11-13(19)16(15(21)22,17-9-5-2-6-10-17)14(20)12-7-3-1-4-8-12/h1,3-11,13-14,19-20H,2H2,(H,21,22). The minimum absolute atomic E-state index is 0.122. The molecule has 0 aromatic heterocycles. The van der Waals surface area contributed by atoms with Gasteiger partial charge in [-0.1, -0.05) is 42.5 Å². The van der Waals surface area contributed by atoms with Crippen LogP contribution in [0.5, 0.6) is 0 Å². The Morgan fingerprint density at radius 2 is 1.77 bits per heavy atom. The van der Waals surface area contributed by atoms with Crippen LogP contribution in [0.15, 0.2) is 54.9 Å². The molecule has 0 saturated carbocycles. The first-order chi connectivity index (χ1) is 10.5. The number of benzene rings is 1. The number of aldehydes is 1. The fourth-order valence-corrected chi connectivity index (χ4v) is 2.53. The first-order valence-corrected chi connectivity index (χ1v) is 6.76. The zero-order valence-corrected chi connectivity index (χ0v) is 11.7. The molecule has 6 heteroatoms. The lowest BCUT2D eigenvalue weighted by molar-refractivity contribution is -0.169. The summed E-state index contributed by atoms with van der Waals surface area (Å²) in [6.07, 6.45) is 3.41. The van der Waals surface area contributed by atoms with Crippen LogP contribution < -0.4 is 0 Å². The van der Waals surface area contributed by atoms with E-state index in [9.17, 15) is 24.9 Å². The van der Waals surface area contributed by atoms with Gasteiger partial charge in [0, 0.05) is 12.4 Å². The van der Waals surface area contributed by atoms with Gasteiger partial charge in [0.05, 0.1) is 0 Å². The van der Waals surface area contributed by atoms with Gasteiger partial charge in [0.2, 0.25) is 5.54 Å². The Morgan fingerprint density at radius 1 is 1.18 bits per heavy atom. The lowest BCUT2D eigenvalue weighted by Crippen LogP contribution is -2.63. The number of nitrogens with zero attached hydrogens (tertiary/aromatic N) is 1. The van der Waals surface area contributed by atoms with Crippen molar-refractivity contribution in [2.75, 3.05) is 0 Å². The van der Waals surface area contributed by atoms with Crippen molar-refractivity contribution in [2.45, 2.75) is 24.2 Å². The molecule has 0 radical (unpaired) electrons. The normalized spacial score (nSPS) is 19.3. The highest BCUT2D eigenvalue weighted by atomic mass is 16.4. The summed E-state index contributed by atoms with van der Waals surface area (Å²) in [7, 11) is 0. The van der Waals surface area contributed by atoms with Crippen LogP contribution in [-0.2, 0) is 9.59 Å². The van der Waals surface area contributed by atoms with Crippen LogP contribution in [0.25, 0.3) is 0 Å². The predicted molar refractivity (Wildman–Crippen MR) is 78.6 cm³/mol. The average molecular weight is 303 g/mol. The van der Waals surface area contributed by atoms with Gasteiger partial charge in [-0.25, -0.2) is 4.79 Å². The summed E-state index contributed by atoms with van der Waals surface area (Å²) >= 11 is 0. The number of carboxylic acids is 1. The molecule has 0 aliphatic carbocycles. The van der Waals surface area contributed by atoms with Gasteiger partial charge in [-0.2, -0.15) is 0 Å². The Hall–Kier alpha value is -2.44. The van der Waals surface area contributed by atoms with E-state index in [1.54, 1.807) is 30.4 Å². The monoisotopic (exact) mass is 303 g/mol. The number of carbonyl (C=O) groups excluding carboxylic acids is 1. The van der Waals surface area contributed by atoms with E-state index in [1.165, 1.54) is 24.5 Å². The van der Waals surface area contributed by atoms with Crippen molar-refractivity contribution < 1.29 is 24.9 Å². The average Bonchev–Trinajstić information content (AvgIpc) is 2.56. The smallest absolute Gasteiger partial charge is 0.336 e. The molecule has 1 aliphatic heterocycles. The van der Waals surface area contributed by atoms with Crippen molar-refractivity contribution in [3.05, 3.63) is 60.4 Å². The maximum atomic E-state index is 11.9. The van der Waals surface area contributed by atoms with Crippen molar-refractivity contribution in [1.82, 2.24) is 4.90 Å². The van der Waals surface area contributed by atoms with Crippen molar-refractivity contribution >= 4 is 12.3 Å². The first-order valence-electron chi connectivity index (χ1n) is 6.76. The SMILES string of the molecule is O=CC(O)C(C(=O)O)(C(O)c1ccccc1)N1C=CCC=C1. The Morgan fingerprint density at radius 3 is 2.27 bits per heavy atom. The lowest BCUT2D eigenvalue weighted by atomic mass is 9.81. The third kappa shape index (κ3) is 2.54. The van der Waals surface area contributed by atoms with Gasteiger partial charge in [0.1, 0.15) is 12.2 Å². The highest BCUT2D eigenvalue weighted by Crippen LogP contribution is 2.36. The summed E-state index contributed by atoms with van der Waals surface area (Å²) < 4.78 is 0. The number of allylic oxidation sites excluding steroid dienone is 2. The van der Waals surface area contributed by atoms with Crippen molar-refractivity contribution in [2.24, 2.45) is 0 Å². The lowest BCUT2D eigenvalue weighted by Gasteiger charge is -2.43. The molecule has 0 fully saturated rings. The molecule has 116 valence electrons. The second kappa shape index (κ2) is 6.55. The largest absolute Gasteiger partial charge is 0.479 e. The zero-order valence-electron chi connectivity index (χ0n) is 11.7. The van der Waals surface area contributed by atoms with Gasteiger partial charge < -0.3 is 25.0 Å². The third-order valence-electron chi connectivity index (χ3n) is 3.69. The Kier molecular flexibility index (Phi) is 4.75. The van der Waals surface area contributed by atoms with Crippen LogP contribution in [0.4, 0.5) is 0 Å². The predicted octanol–water partition coefficient (Wildman–Crippen LogP) is 0.836. The molecule has 1 heterocycles. The minimum atomic E-state index is -2.24. The molecular formula is C16H17NO5. The van der Waals surface area contributed by atoms with Crippen LogP contribution >= 0.6 is 0 Å². The first kappa shape index (κ1) is 15.9. The van der Waals surface area contributed by atoms with Gasteiger partial charge in [-0.15, -0.1) is 0 Å². The summed E-state index contributed by atoms with van der Waals surface area (Å²) in [5.74, 6) is -1.50. The second-order valence-electron chi connectivity index (χ2n) is 4.94. The van der Waals surface area contributed by atoms with E-state index in [-0.39, 0.29) is 11.8 Å². The highest BCUT2D eigenvalue weighted by molar-refractivity contribution is 5.86. The van der Waals surface area contributed by atoms with E-state index in [0.717, 1.165) is 4.90 Å². The number of aliphatic hydroxyl groups is 2. The van der Waals surface area contributed by atoms with Crippen LogP contribution in [0.1, 0.15) is 18.1 Å². The van der Waals surface area contributed by atoms with Gasteiger partial charge in [0.15, 0.2) is 6.29 Å². The van der Waals surface area contributed by atoms with Gasteiger partial charge in [0.25, 0.3) is 0 Å². The van der Waals surface area contributed by atoms with Crippen LogP contribution in [-0.4, -0.2) is 44.1 Å². The molecule has 1 aromatic carbocycles. The van der Waals surface area contributed by atoms with E-state index in [0.29, 0.717) is 6.42 Å². The number of rotatable bonds is 6. The maximum absolute atomic E-state index is 11.9. The Balaban J connectivity index is 2.59. The Labute approximate surface area is 127 Å².